The minimum atomic E-state index is -3.17. The standard InChI is InChI=1S/C25H31N5O4S/c1-3-35(32,33)29-11-8-19(9-12-29)27-25-26-15-18-14-22(21-7-5-4-6-17(21)2)24(31)30(23(18)28-25)20-10-13-34-16-20/h4-7,14-15,19-20H,3,8-13,16H2,1-2H3,(H,26,27,28)/t20-/m1/s1. The molecule has 2 aliphatic rings. The number of aromatic nitrogens is 3. The fourth-order valence-corrected chi connectivity index (χ4v) is 6.10. The second kappa shape index (κ2) is 9.67. The number of piperidine rings is 1. The summed E-state index contributed by atoms with van der Waals surface area (Å²) in [6, 6.07) is 9.74. The lowest BCUT2D eigenvalue weighted by Gasteiger charge is -2.31. The van der Waals surface area contributed by atoms with Gasteiger partial charge in [0.1, 0.15) is 5.65 Å². The van der Waals surface area contributed by atoms with E-state index in [0.717, 1.165) is 22.9 Å². The molecule has 1 N–H and O–H groups in total. The number of ether oxygens (including phenoxy) is 1. The van der Waals surface area contributed by atoms with Crippen LogP contribution >= 0.6 is 0 Å². The van der Waals surface area contributed by atoms with Crippen LogP contribution in [0.5, 0.6) is 0 Å². The SMILES string of the molecule is CCS(=O)(=O)N1CCC(Nc2ncc3cc(-c4ccccc4C)c(=O)n([C@@H]4CCOC4)c3n2)CC1. The van der Waals surface area contributed by atoms with Crippen LogP contribution in [0.3, 0.4) is 0 Å². The zero-order valence-electron chi connectivity index (χ0n) is 20.1. The van der Waals surface area contributed by atoms with Gasteiger partial charge in [-0.3, -0.25) is 9.36 Å². The first-order chi connectivity index (χ1) is 16.9. The summed E-state index contributed by atoms with van der Waals surface area (Å²) >= 11 is 0. The Bertz CT molecular complexity index is 1390. The molecule has 0 unspecified atom stereocenters. The fraction of sp³-hybridized carbons (Fsp3) is 0.480. The van der Waals surface area contributed by atoms with Gasteiger partial charge in [0, 0.05) is 42.9 Å². The zero-order valence-corrected chi connectivity index (χ0v) is 20.9. The third kappa shape index (κ3) is 4.70. The van der Waals surface area contributed by atoms with E-state index in [1.807, 2.05) is 37.3 Å². The van der Waals surface area contributed by atoms with Gasteiger partial charge < -0.3 is 10.1 Å². The van der Waals surface area contributed by atoms with E-state index in [-0.39, 0.29) is 23.4 Å². The molecule has 2 aliphatic heterocycles. The van der Waals surface area contributed by atoms with Gasteiger partial charge in [0.05, 0.1) is 18.4 Å². The molecule has 0 radical (unpaired) electrons. The van der Waals surface area contributed by atoms with Crippen molar-refractivity contribution in [2.75, 3.05) is 37.4 Å². The van der Waals surface area contributed by atoms with Crippen LogP contribution in [-0.2, 0) is 14.8 Å². The van der Waals surface area contributed by atoms with Gasteiger partial charge in [0.2, 0.25) is 16.0 Å². The summed E-state index contributed by atoms with van der Waals surface area (Å²) < 4.78 is 33.2. The first-order valence-corrected chi connectivity index (χ1v) is 13.8. The third-order valence-corrected chi connectivity index (χ3v) is 8.91. The summed E-state index contributed by atoms with van der Waals surface area (Å²) in [6.07, 6.45) is 3.87. The first kappa shape index (κ1) is 23.9. The van der Waals surface area contributed by atoms with E-state index in [2.05, 4.69) is 10.3 Å². The van der Waals surface area contributed by atoms with Crippen molar-refractivity contribution in [1.82, 2.24) is 18.8 Å². The van der Waals surface area contributed by atoms with Crippen molar-refractivity contribution in [1.29, 1.82) is 0 Å². The van der Waals surface area contributed by atoms with Crippen LogP contribution in [0, 0.1) is 6.92 Å². The minimum absolute atomic E-state index is 0.0667. The number of anilines is 1. The molecule has 2 saturated heterocycles. The molecule has 35 heavy (non-hydrogen) atoms. The smallest absolute Gasteiger partial charge is 0.260 e. The highest BCUT2D eigenvalue weighted by Crippen LogP contribution is 2.28. The molecule has 3 aromatic rings. The number of benzene rings is 1. The average Bonchev–Trinajstić information content (AvgIpc) is 3.39. The molecule has 0 aliphatic carbocycles. The Kier molecular flexibility index (Phi) is 6.61. The minimum Gasteiger partial charge on any atom is -0.379 e. The normalized spacial score (nSPS) is 19.9. The maximum atomic E-state index is 13.7. The molecule has 0 saturated carbocycles. The van der Waals surface area contributed by atoms with Crippen molar-refractivity contribution < 1.29 is 13.2 Å². The Morgan fingerprint density at radius 1 is 1.14 bits per heavy atom. The van der Waals surface area contributed by atoms with Crippen LogP contribution in [0.2, 0.25) is 0 Å². The van der Waals surface area contributed by atoms with Gasteiger partial charge in [-0.25, -0.2) is 17.7 Å². The number of hydrogen-bond donors (Lipinski definition) is 1. The highest BCUT2D eigenvalue weighted by atomic mass is 32.2. The summed E-state index contributed by atoms with van der Waals surface area (Å²) in [4.78, 5) is 23.1. The topological polar surface area (TPSA) is 106 Å². The van der Waals surface area contributed by atoms with E-state index in [9.17, 15) is 13.2 Å². The summed E-state index contributed by atoms with van der Waals surface area (Å²) in [5.74, 6) is 0.566. The van der Waals surface area contributed by atoms with E-state index < -0.39 is 10.0 Å². The maximum absolute atomic E-state index is 13.7. The van der Waals surface area contributed by atoms with Crippen LogP contribution in [0.25, 0.3) is 22.2 Å². The highest BCUT2D eigenvalue weighted by molar-refractivity contribution is 7.89. The number of nitrogens with zero attached hydrogens (tertiary/aromatic N) is 4. The molecular weight excluding hydrogens is 466 g/mol. The van der Waals surface area contributed by atoms with E-state index in [4.69, 9.17) is 9.72 Å². The molecule has 0 amide bonds. The van der Waals surface area contributed by atoms with Crippen molar-refractivity contribution in [3.05, 3.63) is 52.4 Å². The van der Waals surface area contributed by atoms with E-state index >= 15 is 0 Å². The number of sulfonamides is 1. The van der Waals surface area contributed by atoms with Crippen LogP contribution in [0.15, 0.2) is 41.3 Å². The molecule has 0 bridgehead atoms. The summed E-state index contributed by atoms with van der Waals surface area (Å²) in [5.41, 5.74) is 3.09. The zero-order chi connectivity index (χ0) is 24.6. The van der Waals surface area contributed by atoms with Crippen LogP contribution in [-0.4, -0.2) is 65.4 Å². The van der Waals surface area contributed by atoms with Gasteiger partial charge in [0.15, 0.2) is 0 Å². The molecule has 9 nitrogen and oxygen atoms in total. The molecule has 186 valence electrons. The van der Waals surface area contributed by atoms with Crippen molar-refractivity contribution in [3.63, 3.8) is 0 Å². The van der Waals surface area contributed by atoms with Crippen LogP contribution in [0.1, 0.15) is 37.8 Å². The van der Waals surface area contributed by atoms with Gasteiger partial charge in [-0.15, -0.1) is 0 Å². The summed E-state index contributed by atoms with van der Waals surface area (Å²) in [5, 5.41) is 4.16. The highest BCUT2D eigenvalue weighted by Gasteiger charge is 2.28. The van der Waals surface area contributed by atoms with Crippen LogP contribution in [0.4, 0.5) is 5.95 Å². The lowest BCUT2D eigenvalue weighted by molar-refractivity contribution is 0.186. The predicted octanol–water partition coefficient (Wildman–Crippen LogP) is 2.95. The van der Waals surface area contributed by atoms with Gasteiger partial charge in [-0.2, -0.15) is 4.98 Å². The van der Waals surface area contributed by atoms with E-state index in [1.165, 1.54) is 0 Å². The second-order valence-electron chi connectivity index (χ2n) is 9.26. The Hall–Kier alpha value is -2.82. The average molecular weight is 498 g/mol. The predicted molar refractivity (Wildman–Crippen MR) is 136 cm³/mol. The molecule has 0 spiro atoms. The monoisotopic (exact) mass is 497 g/mol. The number of hydrogen-bond acceptors (Lipinski definition) is 7. The number of aryl methyl sites for hydroxylation is 1. The van der Waals surface area contributed by atoms with Crippen molar-refractivity contribution >= 4 is 27.0 Å². The summed E-state index contributed by atoms with van der Waals surface area (Å²) in [7, 11) is -3.17. The number of rotatable bonds is 6. The maximum Gasteiger partial charge on any atom is 0.260 e. The Morgan fingerprint density at radius 3 is 2.60 bits per heavy atom. The lowest BCUT2D eigenvalue weighted by Crippen LogP contribution is -2.43. The van der Waals surface area contributed by atoms with Gasteiger partial charge in [0.25, 0.3) is 5.56 Å². The number of fused-ring (bicyclic) bond motifs is 1. The van der Waals surface area contributed by atoms with E-state index in [0.29, 0.717) is 56.3 Å². The van der Waals surface area contributed by atoms with Crippen LogP contribution < -0.4 is 10.9 Å². The fourth-order valence-electron chi connectivity index (χ4n) is 4.97. The van der Waals surface area contributed by atoms with Crippen molar-refractivity contribution in [2.24, 2.45) is 0 Å². The molecule has 2 fully saturated rings. The molecule has 1 aromatic carbocycles. The molecule has 10 heteroatoms. The molecule has 1 atom stereocenters. The first-order valence-electron chi connectivity index (χ1n) is 12.2. The van der Waals surface area contributed by atoms with Gasteiger partial charge in [-0.1, -0.05) is 24.3 Å². The van der Waals surface area contributed by atoms with Crippen molar-refractivity contribution in [3.8, 4) is 11.1 Å². The lowest BCUT2D eigenvalue weighted by atomic mass is 10.0. The summed E-state index contributed by atoms with van der Waals surface area (Å²) in [6.45, 7) is 5.72. The number of nitrogens with one attached hydrogen (secondary N) is 1. The molecule has 4 heterocycles. The quantitative estimate of drug-likeness (QED) is 0.558. The number of pyridine rings is 1. The van der Waals surface area contributed by atoms with Gasteiger partial charge in [-0.05, 0) is 50.3 Å². The Balaban J connectivity index is 1.49. The van der Waals surface area contributed by atoms with E-state index in [1.54, 1.807) is 22.0 Å². The molecule has 2 aromatic heterocycles. The third-order valence-electron chi connectivity index (χ3n) is 7.02. The largest absolute Gasteiger partial charge is 0.379 e. The second-order valence-corrected chi connectivity index (χ2v) is 11.5. The van der Waals surface area contributed by atoms with Crippen molar-refractivity contribution in [2.45, 2.75) is 45.2 Å². The van der Waals surface area contributed by atoms with Gasteiger partial charge >= 0.3 is 0 Å². The Labute approximate surface area is 205 Å². The Morgan fingerprint density at radius 2 is 1.91 bits per heavy atom. The molecular formula is C25H31N5O4S. The molecule has 5 rings (SSSR count).